The van der Waals surface area contributed by atoms with Gasteiger partial charge in [0.1, 0.15) is 0 Å². The van der Waals surface area contributed by atoms with Gasteiger partial charge in [-0.25, -0.2) is 4.57 Å². The average Bonchev–Trinajstić information content (AvgIpc) is 2.49. The van der Waals surface area contributed by atoms with E-state index in [-0.39, 0.29) is 0 Å². The molecule has 2 rings (SSSR count). The summed E-state index contributed by atoms with van der Waals surface area (Å²) in [6, 6.07) is 2.13. The molecular weight excluding hydrogens is 260 g/mol. The van der Waals surface area contributed by atoms with E-state index in [0.29, 0.717) is 0 Å². The van der Waals surface area contributed by atoms with Crippen LogP contribution in [0.25, 0.3) is 0 Å². The standard InChI is InChI=1S/C17H32N4/c1-20-12-9-17(19-16-20)8-6-4-3-5-7-13-21(2)14-10-18-11-15-21/h9,12,16,18H,3-8,10-11,13-15H2,1-2H3/q+2. The van der Waals surface area contributed by atoms with Crippen molar-refractivity contribution in [3.63, 3.8) is 0 Å². The van der Waals surface area contributed by atoms with E-state index < -0.39 is 0 Å². The van der Waals surface area contributed by atoms with Gasteiger partial charge in [0.05, 0.1) is 39.9 Å². The number of aromatic nitrogens is 2. The summed E-state index contributed by atoms with van der Waals surface area (Å²) < 4.78 is 3.26. The number of nitrogens with zero attached hydrogens (tertiary/aromatic N) is 3. The van der Waals surface area contributed by atoms with Gasteiger partial charge in [-0.3, -0.25) is 0 Å². The molecule has 1 fully saturated rings. The molecule has 1 saturated heterocycles. The molecule has 1 aromatic rings. The molecule has 0 saturated carbocycles. The van der Waals surface area contributed by atoms with Gasteiger partial charge < -0.3 is 9.80 Å². The Labute approximate surface area is 129 Å². The van der Waals surface area contributed by atoms with Crippen molar-refractivity contribution in [1.29, 1.82) is 0 Å². The SMILES string of the molecule is C[n+]1ccc(CCCCCCC[N+]2(C)CCNCC2)nc1. The van der Waals surface area contributed by atoms with Gasteiger partial charge in [0.2, 0.25) is 0 Å². The number of hydrogen-bond acceptors (Lipinski definition) is 2. The Hall–Kier alpha value is -1.00. The van der Waals surface area contributed by atoms with E-state index in [1.807, 2.05) is 17.9 Å². The summed E-state index contributed by atoms with van der Waals surface area (Å²) in [7, 11) is 4.43. The van der Waals surface area contributed by atoms with Crippen molar-refractivity contribution in [3.05, 3.63) is 24.3 Å². The summed E-state index contributed by atoms with van der Waals surface area (Å²) in [5.41, 5.74) is 1.23. The predicted molar refractivity (Wildman–Crippen MR) is 85.9 cm³/mol. The Morgan fingerprint density at radius 3 is 2.57 bits per heavy atom. The lowest BCUT2D eigenvalue weighted by Gasteiger charge is -2.38. The molecule has 0 atom stereocenters. The average molecular weight is 292 g/mol. The Bertz CT molecular complexity index is 396. The summed E-state index contributed by atoms with van der Waals surface area (Å²) in [4.78, 5) is 4.44. The first kappa shape index (κ1) is 16.4. The maximum atomic E-state index is 4.44. The molecule has 0 aromatic carbocycles. The van der Waals surface area contributed by atoms with Crippen molar-refractivity contribution in [2.24, 2.45) is 7.05 Å². The molecule has 0 aliphatic carbocycles. The van der Waals surface area contributed by atoms with E-state index in [0.717, 1.165) is 6.42 Å². The molecule has 1 aliphatic heterocycles. The van der Waals surface area contributed by atoms with E-state index in [1.165, 1.54) is 75.0 Å². The highest BCUT2D eigenvalue weighted by Gasteiger charge is 2.23. The number of rotatable bonds is 8. The summed E-state index contributed by atoms with van der Waals surface area (Å²) in [6.07, 6.45) is 11.9. The van der Waals surface area contributed by atoms with Crippen LogP contribution in [0.1, 0.15) is 37.8 Å². The van der Waals surface area contributed by atoms with Crippen LogP contribution in [0.5, 0.6) is 0 Å². The second-order valence-electron chi connectivity index (χ2n) is 6.78. The van der Waals surface area contributed by atoms with Crippen LogP contribution in [0.2, 0.25) is 0 Å². The van der Waals surface area contributed by atoms with Crippen LogP contribution < -0.4 is 9.88 Å². The Kier molecular flexibility index (Phi) is 6.58. The van der Waals surface area contributed by atoms with Crippen LogP contribution in [0.3, 0.4) is 0 Å². The van der Waals surface area contributed by atoms with Crippen LogP contribution in [0.4, 0.5) is 0 Å². The lowest BCUT2D eigenvalue weighted by molar-refractivity contribution is -0.911. The molecule has 1 aromatic heterocycles. The first-order valence-electron chi connectivity index (χ1n) is 8.52. The molecule has 118 valence electrons. The monoisotopic (exact) mass is 292 g/mol. The van der Waals surface area contributed by atoms with E-state index in [4.69, 9.17) is 0 Å². The highest BCUT2D eigenvalue weighted by Crippen LogP contribution is 2.11. The third-order valence-corrected chi connectivity index (χ3v) is 4.70. The van der Waals surface area contributed by atoms with Gasteiger partial charge in [0, 0.05) is 25.6 Å². The lowest BCUT2D eigenvalue weighted by Crippen LogP contribution is -2.56. The molecule has 1 N–H and O–H groups in total. The normalized spacial score (nSPS) is 17.8. The second kappa shape index (κ2) is 8.44. The van der Waals surface area contributed by atoms with Gasteiger partial charge in [-0.2, -0.15) is 0 Å². The van der Waals surface area contributed by atoms with E-state index in [2.05, 4.69) is 29.6 Å². The van der Waals surface area contributed by atoms with Crippen LogP contribution in [-0.4, -0.2) is 49.2 Å². The minimum Gasteiger partial charge on any atom is -0.324 e. The number of unbranched alkanes of at least 4 members (excludes halogenated alkanes) is 4. The zero-order valence-corrected chi connectivity index (χ0v) is 13.9. The molecule has 0 amide bonds. The van der Waals surface area contributed by atoms with Gasteiger partial charge in [0.25, 0.3) is 6.33 Å². The first-order chi connectivity index (χ1) is 10.2. The molecule has 4 heteroatoms. The number of hydrogen-bond donors (Lipinski definition) is 1. The van der Waals surface area contributed by atoms with Crippen LogP contribution >= 0.6 is 0 Å². The zero-order valence-electron chi connectivity index (χ0n) is 13.9. The summed E-state index contributed by atoms with van der Waals surface area (Å²) in [5, 5.41) is 3.45. The predicted octanol–water partition coefficient (Wildman–Crippen LogP) is 1.45. The van der Waals surface area contributed by atoms with Crippen molar-refractivity contribution in [2.45, 2.75) is 38.5 Å². The fraction of sp³-hybridized carbons (Fsp3) is 0.765. The Balaban J connectivity index is 1.49. The summed E-state index contributed by atoms with van der Waals surface area (Å²) in [5.74, 6) is 0. The highest BCUT2D eigenvalue weighted by atomic mass is 15.4. The van der Waals surface area contributed by atoms with Crippen molar-refractivity contribution in [3.8, 4) is 0 Å². The van der Waals surface area contributed by atoms with E-state index in [9.17, 15) is 0 Å². The summed E-state index contributed by atoms with van der Waals surface area (Å²) >= 11 is 0. The van der Waals surface area contributed by atoms with Gasteiger partial charge in [-0.1, -0.05) is 17.8 Å². The van der Waals surface area contributed by atoms with E-state index >= 15 is 0 Å². The molecule has 4 nitrogen and oxygen atoms in total. The molecule has 0 unspecified atom stereocenters. The topological polar surface area (TPSA) is 28.8 Å². The molecule has 0 bridgehead atoms. The molecule has 21 heavy (non-hydrogen) atoms. The van der Waals surface area contributed by atoms with Crippen LogP contribution in [0.15, 0.2) is 18.6 Å². The fourth-order valence-corrected chi connectivity index (χ4v) is 3.09. The number of likely N-dealkylation sites (N-methyl/N-ethyl adjacent to an activating group) is 1. The minimum atomic E-state index is 1.13. The zero-order chi connectivity index (χ0) is 15.0. The molecular formula is C17H32N4+2. The quantitative estimate of drug-likeness (QED) is 0.446. The number of aryl methyl sites for hydroxylation is 2. The van der Waals surface area contributed by atoms with Crippen molar-refractivity contribution < 1.29 is 9.05 Å². The second-order valence-corrected chi connectivity index (χ2v) is 6.78. The minimum absolute atomic E-state index is 1.13. The fourth-order valence-electron chi connectivity index (χ4n) is 3.09. The molecule has 0 spiro atoms. The third kappa shape index (κ3) is 6.10. The smallest absolute Gasteiger partial charge is 0.286 e. The molecule has 1 aliphatic rings. The van der Waals surface area contributed by atoms with Gasteiger partial charge >= 0.3 is 0 Å². The van der Waals surface area contributed by atoms with E-state index in [1.54, 1.807) is 0 Å². The van der Waals surface area contributed by atoms with Crippen LogP contribution in [0, 0.1) is 0 Å². The lowest BCUT2D eigenvalue weighted by atomic mass is 10.1. The number of quaternary nitrogens is 1. The van der Waals surface area contributed by atoms with Gasteiger partial charge in [-0.15, -0.1) is 0 Å². The largest absolute Gasteiger partial charge is 0.324 e. The maximum Gasteiger partial charge on any atom is 0.286 e. The van der Waals surface area contributed by atoms with Crippen molar-refractivity contribution in [2.75, 3.05) is 39.8 Å². The first-order valence-corrected chi connectivity index (χ1v) is 8.52. The van der Waals surface area contributed by atoms with Crippen molar-refractivity contribution in [1.82, 2.24) is 10.3 Å². The maximum absolute atomic E-state index is 4.44. The molecule has 0 radical (unpaired) electrons. The number of piperazine rings is 1. The highest BCUT2D eigenvalue weighted by molar-refractivity contribution is 4.94. The number of nitrogens with one attached hydrogen (secondary N) is 1. The third-order valence-electron chi connectivity index (χ3n) is 4.70. The van der Waals surface area contributed by atoms with Crippen LogP contribution in [-0.2, 0) is 13.5 Å². The van der Waals surface area contributed by atoms with Crippen molar-refractivity contribution >= 4 is 0 Å². The molecule has 2 heterocycles. The van der Waals surface area contributed by atoms with Gasteiger partial charge in [0.15, 0.2) is 5.69 Å². The Morgan fingerprint density at radius 2 is 1.86 bits per heavy atom. The summed E-state index contributed by atoms with van der Waals surface area (Å²) in [6.45, 7) is 6.35. The Morgan fingerprint density at radius 1 is 1.14 bits per heavy atom. The van der Waals surface area contributed by atoms with Gasteiger partial charge in [-0.05, 0) is 19.3 Å².